The highest BCUT2D eigenvalue weighted by Gasteiger charge is 2.43. The van der Waals surface area contributed by atoms with Gasteiger partial charge in [0.25, 0.3) is 0 Å². The average molecular weight is 341 g/mol. The Morgan fingerprint density at radius 1 is 1.00 bits per heavy atom. The van der Waals surface area contributed by atoms with Crippen LogP contribution in [0.15, 0.2) is 58.0 Å². The lowest BCUT2D eigenvalue weighted by molar-refractivity contribution is 0.309. The Morgan fingerprint density at radius 3 is 2.27 bits per heavy atom. The molecule has 8 heteroatoms. The van der Waals surface area contributed by atoms with Gasteiger partial charge in [-0.1, -0.05) is 18.2 Å². The van der Waals surface area contributed by atoms with Crippen LogP contribution in [0.1, 0.15) is 5.76 Å². The largest absolute Gasteiger partial charge is 0.468 e. The number of sulfone groups is 1. The van der Waals surface area contributed by atoms with Gasteiger partial charge in [-0.3, -0.25) is 0 Å². The Hall–Kier alpha value is -1.64. The van der Waals surface area contributed by atoms with Crippen molar-refractivity contribution in [3.05, 3.63) is 54.5 Å². The third-order valence-electron chi connectivity index (χ3n) is 3.63. The molecule has 0 spiro atoms. The van der Waals surface area contributed by atoms with Crippen LogP contribution in [0.3, 0.4) is 0 Å². The molecule has 0 amide bonds. The molecule has 1 saturated heterocycles. The summed E-state index contributed by atoms with van der Waals surface area (Å²) >= 11 is 0. The fourth-order valence-electron chi connectivity index (χ4n) is 2.28. The molecule has 0 unspecified atom stereocenters. The van der Waals surface area contributed by atoms with Gasteiger partial charge in [0.1, 0.15) is 11.5 Å². The second kappa shape index (κ2) is 5.53. The van der Waals surface area contributed by atoms with E-state index in [0.717, 1.165) is 0 Å². The first kappa shape index (κ1) is 15.3. The minimum atomic E-state index is -3.61. The lowest BCUT2D eigenvalue weighted by Crippen LogP contribution is -2.56. The summed E-state index contributed by atoms with van der Waals surface area (Å²) in [4.78, 5) is 0.178. The summed E-state index contributed by atoms with van der Waals surface area (Å²) in [5.74, 6) is 0.161. The minimum Gasteiger partial charge on any atom is -0.468 e. The fraction of sp³-hybridized carbons (Fsp3) is 0.286. The van der Waals surface area contributed by atoms with Gasteiger partial charge in [-0.2, -0.15) is 4.31 Å². The van der Waals surface area contributed by atoms with Crippen molar-refractivity contribution in [1.29, 1.82) is 0 Å². The summed E-state index contributed by atoms with van der Waals surface area (Å²) in [6, 6.07) is 11.2. The molecular weight excluding hydrogens is 326 g/mol. The summed E-state index contributed by atoms with van der Waals surface area (Å²) in [5.41, 5.74) is 0. The molecule has 22 heavy (non-hydrogen) atoms. The van der Waals surface area contributed by atoms with Crippen molar-refractivity contribution in [2.45, 2.75) is 15.9 Å². The molecule has 6 nitrogen and oxygen atoms in total. The van der Waals surface area contributed by atoms with E-state index in [9.17, 15) is 16.8 Å². The molecule has 0 radical (unpaired) electrons. The zero-order valence-electron chi connectivity index (χ0n) is 11.6. The van der Waals surface area contributed by atoms with Gasteiger partial charge in [-0.25, -0.2) is 16.8 Å². The number of hydrogen-bond acceptors (Lipinski definition) is 5. The Labute approximate surface area is 129 Å². The molecule has 118 valence electrons. The summed E-state index contributed by atoms with van der Waals surface area (Å²) in [6.07, 6.45) is 1.41. The van der Waals surface area contributed by atoms with Crippen molar-refractivity contribution in [2.75, 3.05) is 13.1 Å². The first-order valence-corrected chi connectivity index (χ1v) is 9.84. The maximum absolute atomic E-state index is 12.3. The highest BCUT2D eigenvalue weighted by molar-refractivity contribution is 7.92. The van der Waals surface area contributed by atoms with E-state index in [1.54, 1.807) is 30.3 Å². The Kier molecular flexibility index (Phi) is 3.84. The topological polar surface area (TPSA) is 84.7 Å². The van der Waals surface area contributed by atoms with Gasteiger partial charge in [0.15, 0.2) is 9.84 Å². The normalized spacial score (nSPS) is 17.3. The van der Waals surface area contributed by atoms with E-state index in [0.29, 0.717) is 5.76 Å². The SMILES string of the molecule is O=S(=O)(Cc1ccco1)C1CN(S(=O)(=O)c2ccccc2)C1. The molecule has 0 atom stereocenters. The second-order valence-electron chi connectivity index (χ2n) is 5.14. The zero-order valence-corrected chi connectivity index (χ0v) is 13.3. The van der Waals surface area contributed by atoms with E-state index in [2.05, 4.69) is 0 Å². The number of hydrogen-bond donors (Lipinski definition) is 0. The lowest BCUT2D eigenvalue weighted by Gasteiger charge is -2.37. The summed E-state index contributed by atoms with van der Waals surface area (Å²) < 4.78 is 55.3. The Morgan fingerprint density at radius 2 is 1.68 bits per heavy atom. The van der Waals surface area contributed by atoms with E-state index >= 15 is 0 Å². The van der Waals surface area contributed by atoms with Crippen LogP contribution in [0.2, 0.25) is 0 Å². The second-order valence-corrected chi connectivity index (χ2v) is 9.36. The van der Waals surface area contributed by atoms with Gasteiger partial charge in [0.2, 0.25) is 10.0 Å². The van der Waals surface area contributed by atoms with Gasteiger partial charge in [-0.05, 0) is 24.3 Å². The summed E-state index contributed by atoms with van der Waals surface area (Å²) in [5, 5.41) is -0.684. The molecule has 1 fully saturated rings. The maximum Gasteiger partial charge on any atom is 0.243 e. The highest BCUT2D eigenvalue weighted by atomic mass is 32.2. The zero-order chi connectivity index (χ0) is 15.8. The lowest BCUT2D eigenvalue weighted by atomic mass is 10.3. The molecule has 1 aromatic carbocycles. The standard InChI is InChI=1S/C14H15NO5S2/c16-21(17,11-12-5-4-8-20-12)14-9-15(10-14)22(18,19)13-6-2-1-3-7-13/h1-8,14H,9-11H2. The predicted octanol–water partition coefficient (Wildman–Crippen LogP) is 1.27. The van der Waals surface area contributed by atoms with Crippen LogP contribution in [-0.2, 0) is 25.6 Å². The van der Waals surface area contributed by atoms with E-state index < -0.39 is 25.1 Å². The van der Waals surface area contributed by atoms with Crippen LogP contribution in [-0.4, -0.2) is 39.5 Å². The van der Waals surface area contributed by atoms with Crippen LogP contribution in [0.4, 0.5) is 0 Å². The molecule has 0 bridgehead atoms. The van der Waals surface area contributed by atoms with Crippen molar-refractivity contribution < 1.29 is 21.3 Å². The smallest absolute Gasteiger partial charge is 0.243 e. The van der Waals surface area contributed by atoms with E-state index in [4.69, 9.17) is 4.42 Å². The van der Waals surface area contributed by atoms with Gasteiger partial charge >= 0.3 is 0 Å². The third kappa shape index (κ3) is 2.81. The van der Waals surface area contributed by atoms with Crippen LogP contribution in [0.5, 0.6) is 0 Å². The van der Waals surface area contributed by atoms with Gasteiger partial charge in [-0.15, -0.1) is 0 Å². The average Bonchev–Trinajstić information content (AvgIpc) is 2.89. The first-order chi connectivity index (χ1) is 10.4. The van der Waals surface area contributed by atoms with Crippen LogP contribution in [0.25, 0.3) is 0 Å². The minimum absolute atomic E-state index is 0.0136. The van der Waals surface area contributed by atoms with Gasteiger partial charge < -0.3 is 4.42 Å². The van der Waals surface area contributed by atoms with Gasteiger partial charge in [0, 0.05) is 13.1 Å². The van der Waals surface area contributed by atoms with E-state index in [-0.39, 0.29) is 23.7 Å². The number of sulfonamides is 1. The quantitative estimate of drug-likeness (QED) is 0.817. The van der Waals surface area contributed by atoms with Gasteiger partial charge in [0.05, 0.1) is 16.4 Å². The van der Waals surface area contributed by atoms with Crippen LogP contribution in [0, 0.1) is 0 Å². The van der Waals surface area contributed by atoms with E-state index in [1.807, 2.05) is 0 Å². The number of furan rings is 1. The van der Waals surface area contributed by atoms with Crippen molar-refractivity contribution in [3.63, 3.8) is 0 Å². The van der Waals surface area contributed by atoms with Crippen LogP contribution >= 0.6 is 0 Å². The summed E-state index contributed by atoms with van der Waals surface area (Å²) in [7, 11) is -7.03. The van der Waals surface area contributed by atoms with Crippen molar-refractivity contribution in [3.8, 4) is 0 Å². The molecule has 0 N–H and O–H groups in total. The first-order valence-electron chi connectivity index (χ1n) is 6.69. The van der Waals surface area contributed by atoms with Crippen molar-refractivity contribution in [2.24, 2.45) is 0 Å². The Balaban J connectivity index is 1.69. The fourth-order valence-corrected chi connectivity index (χ4v) is 5.63. The monoisotopic (exact) mass is 341 g/mol. The van der Waals surface area contributed by atoms with Crippen LogP contribution < -0.4 is 0 Å². The van der Waals surface area contributed by atoms with Crippen molar-refractivity contribution in [1.82, 2.24) is 4.31 Å². The number of rotatable bonds is 5. The molecular formula is C14H15NO5S2. The molecule has 0 aliphatic carbocycles. The maximum atomic E-state index is 12.3. The Bertz CT molecular complexity index is 836. The van der Waals surface area contributed by atoms with Crippen molar-refractivity contribution >= 4 is 19.9 Å². The summed E-state index contributed by atoms with van der Waals surface area (Å²) in [6.45, 7) is -0.0272. The molecule has 1 aromatic heterocycles. The molecule has 2 aromatic rings. The number of nitrogens with zero attached hydrogens (tertiary/aromatic N) is 1. The predicted molar refractivity (Wildman–Crippen MR) is 80.3 cm³/mol. The molecule has 1 aliphatic heterocycles. The number of benzene rings is 1. The molecule has 2 heterocycles. The molecule has 0 saturated carbocycles. The van der Waals surface area contributed by atoms with E-state index in [1.165, 1.54) is 22.7 Å². The third-order valence-corrected chi connectivity index (χ3v) is 7.47. The highest BCUT2D eigenvalue weighted by Crippen LogP contribution is 2.26. The molecule has 3 rings (SSSR count). The molecule has 1 aliphatic rings.